The lowest BCUT2D eigenvalue weighted by Gasteiger charge is -2.19. The first-order valence-electron chi connectivity index (χ1n) is 6.52. The van der Waals surface area contributed by atoms with Crippen molar-refractivity contribution < 1.29 is 5.11 Å². The van der Waals surface area contributed by atoms with Gasteiger partial charge in [0.25, 0.3) is 0 Å². The molecule has 1 aliphatic rings. The fourth-order valence-electron chi connectivity index (χ4n) is 2.39. The van der Waals surface area contributed by atoms with Gasteiger partial charge in [-0.05, 0) is 37.7 Å². The zero-order chi connectivity index (χ0) is 13.7. The molecule has 0 spiro atoms. The van der Waals surface area contributed by atoms with Crippen LogP contribution in [0.3, 0.4) is 0 Å². The van der Waals surface area contributed by atoms with Crippen LogP contribution in [0.25, 0.3) is 0 Å². The molecule has 0 fully saturated rings. The van der Waals surface area contributed by atoms with E-state index in [1.54, 1.807) is 0 Å². The molecule has 0 amide bonds. The second-order valence-corrected chi connectivity index (χ2v) is 4.57. The van der Waals surface area contributed by atoms with E-state index >= 15 is 0 Å². The summed E-state index contributed by atoms with van der Waals surface area (Å²) in [4.78, 5) is 4.50. The lowest BCUT2D eigenvalue weighted by molar-refractivity contribution is 0.292. The van der Waals surface area contributed by atoms with Gasteiger partial charge in [-0.15, -0.1) is 0 Å². The molecule has 2 N–H and O–H groups in total. The number of hydrogen-bond acceptors (Lipinski definition) is 5. The fourth-order valence-corrected chi connectivity index (χ4v) is 2.39. The van der Waals surface area contributed by atoms with E-state index in [-0.39, 0.29) is 6.61 Å². The molecule has 0 radical (unpaired) electrons. The Morgan fingerprint density at radius 3 is 2.58 bits per heavy atom. The third-order valence-corrected chi connectivity index (χ3v) is 3.32. The van der Waals surface area contributed by atoms with E-state index < -0.39 is 0 Å². The molecule has 5 heteroatoms. The van der Waals surface area contributed by atoms with E-state index in [1.165, 1.54) is 0 Å². The van der Waals surface area contributed by atoms with Gasteiger partial charge in [0.2, 0.25) is 0 Å². The quantitative estimate of drug-likeness (QED) is 0.796. The minimum atomic E-state index is 0.0882. The molecule has 0 bridgehead atoms. The first kappa shape index (κ1) is 13.3. The summed E-state index contributed by atoms with van der Waals surface area (Å²) in [5.41, 5.74) is 2.69. The molecule has 0 aromatic carbocycles. The molecule has 0 unspecified atom stereocenters. The SMILES string of the molecule is N#Cc1c(NCCCO)nc2c(c1C#N)CCCC2. The van der Waals surface area contributed by atoms with Crippen LogP contribution in [-0.2, 0) is 12.8 Å². The number of rotatable bonds is 4. The van der Waals surface area contributed by atoms with Crippen LogP contribution < -0.4 is 5.32 Å². The molecule has 98 valence electrons. The van der Waals surface area contributed by atoms with Gasteiger partial charge in [0.15, 0.2) is 0 Å². The summed E-state index contributed by atoms with van der Waals surface area (Å²) in [6.07, 6.45) is 4.41. The Morgan fingerprint density at radius 2 is 1.89 bits per heavy atom. The molecule has 1 aromatic rings. The van der Waals surface area contributed by atoms with Crippen molar-refractivity contribution in [1.82, 2.24) is 4.98 Å². The van der Waals surface area contributed by atoms with Crippen molar-refractivity contribution in [3.05, 3.63) is 22.4 Å². The molecular formula is C14H16N4O. The third kappa shape index (κ3) is 2.67. The van der Waals surface area contributed by atoms with Crippen molar-refractivity contribution >= 4 is 5.82 Å². The van der Waals surface area contributed by atoms with Crippen molar-refractivity contribution in [2.45, 2.75) is 32.1 Å². The molecular weight excluding hydrogens is 240 g/mol. The Labute approximate surface area is 112 Å². The van der Waals surface area contributed by atoms with Crippen LogP contribution in [0, 0.1) is 22.7 Å². The number of nitriles is 2. The number of aliphatic hydroxyl groups excluding tert-OH is 1. The molecule has 0 saturated heterocycles. The van der Waals surface area contributed by atoms with E-state index in [9.17, 15) is 10.5 Å². The standard InChI is InChI=1S/C14H16N4O/c15-8-11-10-4-1-2-5-13(10)18-14(12(11)9-16)17-6-3-7-19/h19H,1-7H2,(H,17,18). The summed E-state index contributed by atoms with van der Waals surface area (Å²) in [7, 11) is 0. The lowest BCUT2D eigenvalue weighted by Crippen LogP contribution is -2.14. The normalized spacial score (nSPS) is 13.2. The van der Waals surface area contributed by atoms with Crippen LogP contribution >= 0.6 is 0 Å². The molecule has 0 saturated carbocycles. The van der Waals surface area contributed by atoms with Gasteiger partial charge >= 0.3 is 0 Å². The Hall–Kier alpha value is -2.11. The maximum absolute atomic E-state index is 9.30. The average molecular weight is 256 g/mol. The van der Waals surface area contributed by atoms with Crippen LogP contribution in [0.15, 0.2) is 0 Å². The van der Waals surface area contributed by atoms with Gasteiger partial charge in [-0.2, -0.15) is 10.5 Å². The van der Waals surface area contributed by atoms with Crippen molar-refractivity contribution in [2.24, 2.45) is 0 Å². The summed E-state index contributed by atoms with van der Waals surface area (Å²) in [5.74, 6) is 0.480. The molecule has 0 aliphatic heterocycles. The molecule has 5 nitrogen and oxygen atoms in total. The highest BCUT2D eigenvalue weighted by atomic mass is 16.3. The lowest BCUT2D eigenvalue weighted by atomic mass is 9.90. The number of aromatic nitrogens is 1. The Morgan fingerprint density at radius 1 is 1.16 bits per heavy atom. The van der Waals surface area contributed by atoms with Crippen LogP contribution in [0.4, 0.5) is 5.82 Å². The van der Waals surface area contributed by atoms with Gasteiger partial charge in [-0.25, -0.2) is 4.98 Å². The number of aliphatic hydroxyl groups is 1. The van der Waals surface area contributed by atoms with Gasteiger partial charge in [-0.1, -0.05) is 0 Å². The number of nitrogens with zero attached hydrogens (tertiary/aromatic N) is 3. The first-order chi connectivity index (χ1) is 9.31. The molecule has 19 heavy (non-hydrogen) atoms. The number of nitrogens with one attached hydrogen (secondary N) is 1. The minimum absolute atomic E-state index is 0.0882. The highest BCUT2D eigenvalue weighted by Crippen LogP contribution is 2.28. The van der Waals surface area contributed by atoms with E-state index in [1.807, 2.05) is 0 Å². The van der Waals surface area contributed by atoms with Gasteiger partial charge in [0.05, 0.1) is 5.56 Å². The highest BCUT2D eigenvalue weighted by molar-refractivity contribution is 5.64. The molecule has 1 aliphatic carbocycles. The number of hydrogen-bond donors (Lipinski definition) is 2. The average Bonchev–Trinajstić information content (AvgIpc) is 2.46. The Bertz CT molecular complexity index is 554. The molecule has 0 atom stereocenters. The topological polar surface area (TPSA) is 92.7 Å². The van der Waals surface area contributed by atoms with Crippen LogP contribution in [-0.4, -0.2) is 23.2 Å². The van der Waals surface area contributed by atoms with E-state index in [0.717, 1.165) is 36.9 Å². The molecule has 1 aromatic heterocycles. The smallest absolute Gasteiger partial charge is 0.145 e. The number of fused-ring (bicyclic) bond motifs is 1. The largest absolute Gasteiger partial charge is 0.396 e. The summed E-state index contributed by atoms with van der Waals surface area (Å²) in [6, 6.07) is 4.24. The van der Waals surface area contributed by atoms with Gasteiger partial charge in [0, 0.05) is 18.8 Å². The summed E-state index contributed by atoms with van der Waals surface area (Å²) < 4.78 is 0. The maximum Gasteiger partial charge on any atom is 0.145 e. The minimum Gasteiger partial charge on any atom is -0.396 e. The second kappa shape index (κ2) is 6.17. The summed E-state index contributed by atoms with van der Waals surface area (Å²) in [6.45, 7) is 0.632. The van der Waals surface area contributed by atoms with Crippen LogP contribution in [0.1, 0.15) is 41.6 Å². The van der Waals surface area contributed by atoms with Gasteiger partial charge < -0.3 is 10.4 Å². The summed E-state index contributed by atoms with van der Waals surface area (Å²) >= 11 is 0. The molecule has 1 heterocycles. The van der Waals surface area contributed by atoms with Gasteiger partial charge in [-0.3, -0.25) is 0 Å². The van der Waals surface area contributed by atoms with E-state index in [2.05, 4.69) is 22.4 Å². The predicted octanol–water partition coefficient (Wildman–Crippen LogP) is 1.50. The maximum atomic E-state index is 9.30. The van der Waals surface area contributed by atoms with Gasteiger partial charge in [0.1, 0.15) is 23.5 Å². The van der Waals surface area contributed by atoms with Crippen molar-refractivity contribution in [1.29, 1.82) is 10.5 Å². The first-order valence-corrected chi connectivity index (χ1v) is 6.52. The number of anilines is 1. The number of aryl methyl sites for hydroxylation is 1. The Balaban J connectivity index is 2.43. The molecule has 2 rings (SSSR count). The summed E-state index contributed by atoms with van der Waals surface area (Å²) in [5, 5.41) is 30.4. The van der Waals surface area contributed by atoms with Crippen molar-refractivity contribution in [3.63, 3.8) is 0 Å². The number of pyridine rings is 1. The Kier molecular flexibility index (Phi) is 4.33. The van der Waals surface area contributed by atoms with Crippen molar-refractivity contribution in [2.75, 3.05) is 18.5 Å². The van der Waals surface area contributed by atoms with E-state index in [4.69, 9.17) is 5.11 Å². The predicted molar refractivity (Wildman–Crippen MR) is 70.5 cm³/mol. The third-order valence-electron chi connectivity index (χ3n) is 3.32. The fraction of sp³-hybridized carbons (Fsp3) is 0.500. The van der Waals surface area contributed by atoms with Crippen molar-refractivity contribution in [3.8, 4) is 12.1 Å². The zero-order valence-electron chi connectivity index (χ0n) is 10.7. The van der Waals surface area contributed by atoms with E-state index in [0.29, 0.717) is 29.9 Å². The monoisotopic (exact) mass is 256 g/mol. The highest BCUT2D eigenvalue weighted by Gasteiger charge is 2.21. The van der Waals surface area contributed by atoms with Crippen LogP contribution in [0.5, 0.6) is 0 Å². The zero-order valence-corrected chi connectivity index (χ0v) is 10.7. The second-order valence-electron chi connectivity index (χ2n) is 4.57. The van der Waals surface area contributed by atoms with Crippen LogP contribution in [0.2, 0.25) is 0 Å².